The zero-order chi connectivity index (χ0) is 12.8. The van der Waals surface area contributed by atoms with Crippen molar-refractivity contribution in [2.45, 2.75) is 45.6 Å². The van der Waals surface area contributed by atoms with Crippen molar-refractivity contribution in [2.24, 2.45) is 5.92 Å². The zero-order valence-corrected chi connectivity index (χ0v) is 10.6. The number of urea groups is 1. The van der Waals surface area contributed by atoms with E-state index in [1.807, 2.05) is 0 Å². The molecule has 5 heteroatoms. The Kier molecular flexibility index (Phi) is 5.25. The first-order valence-electron chi connectivity index (χ1n) is 6.37. The van der Waals surface area contributed by atoms with Crippen LogP contribution in [0.3, 0.4) is 0 Å². The average Bonchev–Trinajstić information content (AvgIpc) is 2.79. The number of carboxylic acids is 1. The number of carboxylic acid groups (broad SMARTS) is 1. The molecule has 0 aromatic rings. The molecule has 0 unspecified atom stereocenters. The number of likely N-dealkylation sites (tertiary alicyclic amines) is 1. The Morgan fingerprint density at radius 3 is 2.59 bits per heavy atom. The summed E-state index contributed by atoms with van der Waals surface area (Å²) in [6.07, 6.45) is 3.39. The first-order chi connectivity index (χ1) is 8.10. The molecule has 0 spiro atoms. The zero-order valence-electron chi connectivity index (χ0n) is 10.6. The molecule has 5 nitrogen and oxygen atoms in total. The standard InChI is InChI=1S/C12H22N2O3/c1-3-9(4-2)8-13-12(17)14-7-5-6-10(14)11(15)16/h9-10H,3-8H2,1-2H3,(H,13,17)(H,15,16)/t10-/m1/s1. The third kappa shape index (κ3) is 3.61. The highest BCUT2D eigenvalue weighted by Gasteiger charge is 2.33. The number of nitrogens with zero attached hydrogens (tertiary/aromatic N) is 1. The van der Waals surface area contributed by atoms with E-state index in [9.17, 15) is 9.59 Å². The van der Waals surface area contributed by atoms with Crippen LogP contribution in [0.5, 0.6) is 0 Å². The minimum absolute atomic E-state index is 0.234. The summed E-state index contributed by atoms with van der Waals surface area (Å²) in [5, 5.41) is 11.8. The fourth-order valence-corrected chi connectivity index (χ4v) is 2.18. The van der Waals surface area contributed by atoms with Gasteiger partial charge in [-0.25, -0.2) is 9.59 Å². The van der Waals surface area contributed by atoms with Gasteiger partial charge in [-0.3, -0.25) is 0 Å². The number of carbonyl (C=O) groups excluding carboxylic acids is 1. The summed E-state index contributed by atoms with van der Waals surface area (Å²) < 4.78 is 0. The molecule has 0 bridgehead atoms. The van der Waals surface area contributed by atoms with Crippen molar-refractivity contribution in [3.63, 3.8) is 0 Å². The van der Waals surface area contributed by atoms with Gasteiger partial charge in [0.1, 0.15) is 6.04 Å². The van der Waals surface area contributed by atoms with Gasteiger partial charge in [-0.1, -0.05) is 26.7 Å². The van der Waals surface area contributed by atoms with Gasteiger partial charge in [-0.15, -0.1) is 0 Å². The van der Waals surface area contributed by atoms with Gasteiger partial charge in [0.2, 0.25) is 0 Å². The average molecular weight is 242 g/mol. The van der Waals surface area contributed by atoms with Crippen molar-refractivity contribution < 1.29 is 14.7 Å². The molecule has 1 fully saturated rings. The van der Waals surface area contributed by atoms with Gasteiger partial charge < -0.3 is 15.3 Å². The van der Waals surface area contributed by atoms with Gasteiger partial charge in [0.25, 0.3) is 0 Å². The molecule has 1 heterocycles. The number of nitrogens with one attached hydrogen (secondary N) is 1. The van der Waals surface area contributed by atoms with Crippen molar-refractivity contribution in [1.29, 1.82) is 0 Å². The predicted octanol–water partition coefficient (Wildman–Crippen LogP) is 1.68. The van der Waals surface area contributed by atoms with Crippen LogP contribution in [0, 0.1) is 5.92 Å². The van der Waals surface area contributed by atoms with Crippen LogP contribution >= 0.6 is 0 Å². The Hall–Kier alpha value is -1.26. The van der Waals surface area contributed by atoms with Crippen LogP contribution in [0.1, 0.15) is 39.5 Å². The minimum atomic E-state index is -0.903. The van der Waals surface area contributed by atoms with E-state index in [1.165, 1.54) is 4.90 Å². The van der Waals surface area contributed by atoms with Crippen LogP contribution in [-0.4, -0.2) is 41.1 Å². The second-order valence-corrected chi connectivity index (χ2v) is 4.56. The van der Waals surface area contributed by atoms with Gasteiger partial charge in [-0.05, 0) is 18.8 Å². The summed E-state index contributed by atoms with van der Waals surface area (Å²) in [7, 11) is 0. The van der Waals surface area contributed by atoms with E-state index in [0.29, 0.717) is 25.4 Å². The molecule has 2 N–H and O–H groups in total. The van der Waals surface area contributed by atoms with Crippen LogP contribution in [-0.2, 0) is 4.79 Å². The van der Waals surface area contributed by atoms with E-state index in [1.54, 1.807) is 0 Å². The fourth-order valence-electron chi connectivity index (χ4n) is 2.18. The lowest BCUT2D eigenvalue weighted by Gasteiger charge is -2.23. The molecule has 1 rings (SSSR count). The van der Waals surface area contributed by atoms with Crippen molar-refractivity contribution >= 4 is 12.0 Å². The van der Waals surface area contributed by atoms with Gasteiger partial charge in [-0.2, -0.15) is 0 Å². The van der Waals surface area contributed by atoms with Crippen LogP contribution in [0.4, 0.5) is 4.79 Å². The Morgan fingerprint density at radius 2 is 2.06 bits per heavy atom. The number of hydrogen-bond acceptors (Lipinski definition) is 2. The van der Waals surface area contributed by atoms with Crippen molar-refractivity contribution in [1.82, 2.24) is 10.2 Å². The number of amides is 2. The van der Waals surface area contributed by atoms with Crippen LogP contribution in [0.25, 0.3) is 0 Å². The molecule has 2 amide bonds. The topological polar surface area (TPSA) is 69.6 Å². The monoisotopic (exact) mass is 242 g/mol. The lowest BCUT2D eigenvalue weighted by atomic mass is 10.0. The van der Waals surface area contributed by atoms with E-state index in [0.717, 1.165) is 19.3 Å². The van der Waals surface area contributed by atoms with E-state index < -0.39 is 12.0 Å². The molecule has 0 radical (unpaired) electrons. The maximum atomic E-state index is 11.8. The van der Waals surface area contributed by atoms with Gasteiger partial charge in [0.15, 0.2) is 0 Å². The second-order valence-electron chi connectivity index (χ2n) is 4.56. The summed E-state index contributed by atoms with van der Waals surface area (Å²) in [5.74, 6) is -0.426. The first kappa shape index (κ1) is 13.8. The summed E-state index contributed by atoms with van der Waals surface area (Å²) in [4.78, 5) is 24.2. The Bertz CT molecular complexity index is 277. The van der Waals surface area contributed by atoms with Crippen molar-refractivity contribution in [2.75, 3.05) is 13.1 Å². The quantitative estimate of drug-likeness (QED) is 0.770. The largest absolute Gasteiger partial charge is 0.480 e. The molecule has 0 aliphatic carbocycles. The molecular formula is C12H22N2O3. The predicted molar refractivity (Wildman–Crippen MR) is 64.8 cm³/mol. The Morgan fingerprint density at radius 1 is 1.41 bits per heavy atom. The Balaban J connectivity index is 2.44. The molecule has 98 valence electrons. The third-order valence-electron chi connectivity index (χ3n) is 3.50. The smallest absolute Gasteiger partial charge is 0.326 e. The summed E-state index contributed by atoms with van der Waals surface area (Å²) in [6, 6.07) is -0.876. The molecule has 1 aliphatic rings. The third-order valence-corrected chi connectivity index (χ3v) is 3.50. The molecule has 1 saturated heterocycles. The van der Waals surface area contributed by atoms with Crippen LogP contribution < -0.4 is 5.32 Å². The summed E-state index contributed by atoms with van der Waals surface area (Å²) in [6.45, 7) is 5.37. The highest BCUT2D eigenvalue weighted by molar-refractivity contribution is 5.83. The van der Waals surface area contributed by atoms with E-state index in [2.05, 4.69) is 19.2 Å². The van der Waals surface area contributed by atoms with Crippen molar-refractivity contribution in [3.8, 4) is 0 Å². The van der Waals surface area contributed by atoms with Gasteiger partial charge in [0, 0.05) is 13.1 Å². The molecule has 1 atom stereocenters. The summed E-state index contributed by atoms with van der Waals surface area (Å²) in [5.41, 5.74) is 0. The maximum absolute atomic E-state index is 11.8. The second kappa shape index (κ2) is 6.47. The number of hydrogen-bond donors (Lipinski definition) is 2. The van der Waals surface area contributed by atoms with E-state index in [-0.39, 0.29) is 6.03 Å². The van der Waals surface area contributed by atoms with Gasteiger partial charge in [0.05, 0.1) is 0 Å². The SMILES string of the molecule is CCC(CC)CNC(=O)N1CCC[C@@H]1C(=O)O. The molecule has 0 aromatic heterocycles. The van der Waals surface area contributed by atoms with E-state index in [4.69, 9.17) is 5.11 Å². The normalized spacial score (nSPS) is 19.7. The Labute approximate surface area is 102 Å². The van der Waals surface area contributed by atoms with Crippen LogP contribution in [0.15, 0.2) is 0 Å². The number of aliphatic carboxylic acids is 1. The minimum Gasteiger partial charge on any atom is -0.480 e. The molecule has 17 heavy (non-hydrogen) atoms. The highest BCUT2D eigenvalue weighted by atomic mass is 16.4. The molecule has 0 aromatic carbocycles. The van der Waals surface area contributed by atoms with Gasteiger partial charge >= 0.3 is 12.0 Å². The van der Waals surface area contributed by atoms with Crippen molar-refractivity contribution in [3.05, 3.63) is 0 Å². The highest BCUT2D eigenvalue weighted by Crippen LogP contribution is 2.17. The fraction of sp³-hybridized carbons (Fsp3) is 0.833. The maximum Gasteiger partial charge on any atom is 0.326 e. The number of rotatable bonds is 5. The first-order valence-corrected chi connectivity index (χ1v) is 6.37. The molecule has 0 saturated carbocycles. The van der Waals surface area contributed by atoms with E-state index >= 15 is 0 Å². The number of carbonyl (C=O) groups is 2. The molecular weight excluding hydrogens is 220 g/mol. The molecule has 1 aliphatic heterocycles. The lowest BCUT2D eigenvalue weighted by Crippen LogP contribution is -2.47. The summed E-state index contributed by atoms with van der Waals surface area (Å²) >= 11 is 0. The lowest BCUT2D eigenvalue weighted by molar-refractivity contribution is -0.141. The van der Waals surface area contributed by atoms with Crippen LogP contribution in [0.2, 0.25) is 0 Å².